The van der Waals surface area contributed by atoms with Gasteiger partial charge in [-0.2, -0.15) is 0 Å². The summed E-state index contributed by atoms with van der Waals surface area (Å²) < 4.78 is 1.98. The molecule has 3 aromatic rings. The van der Waals surface area contributed by atoms with Gasteiger partial charge in [0.1, 0.15) is 24.3 Å². The van der Waals surface area contributed by atoms with Crippen molar-refractivity contribution in [2.75, 3.05) is 50.1 Å². The SMILES string of the molecule is CN(C)c1ncnc2ccc(N3CCN(Cc4nncn4C)CC3)cc12. The number of piperazine rings is 1. The topological polar surface area (TPSA) is 66.2 Å². The number of nitrogens with zero attached hydrogens (tertiary/aromatic N) is 8. The van der Waals surface area contributed by atoms with Crippen molar-refractivity contribution in [3.63, 3.8) is 0 Å². The van der Waals surface area contributed by atoms with Gasteiger partial charge >= 0.3 is 0 Å². The molecule has 136 valence electrons. The highest BCUT2D eigenvalue weighted by Crippen LogP contribution is 2.27. The van der Waals surface area contributed by atoms with Crippen molar-refractivity contribution in [1.29, 1.82) is 0 Å². The van der Waals surface area contributed by atoms with Crippen LogP contribution in [0, 0.1) is 0 Å². The fraction of sp³-hybridized carbons (Fsp3) is 0.444. The Morgan fingerprint density at radius 3 is 2.58 bits per heavy atom. The average molecular weight is 352 g/mol. The van der Waals surface area contributed by atoms with Gasteiger partial charge in [-0.25, -0.2) is 9.97 Å². The normalized spacial score (nSPS) is 15.6. The summed E-state index contributed by atoms with van der Waals surface area (Å²) >= 11 is 0. The maximum absolute atomic E-state index is 4.43. The molecule has 4 rings (SSSR count). The minimum atomic E-state index is 0.848. The Morgan fingerprint density at radius 2 is 1.88 bits per heavy atom. The standard InChI is InChI=1S/C18H24N8/c1-23(2)18-15-10-14(4-5-16(15)19-12-20-18)26-8-6-25(7-9-26)11-17-22-21-13-24(17)3/h4-5,10,12-13H,6-9,11H2,1-3H3. The lowest BCUT2D eigenvalue weighted by Gasteiger charge is -2.36. The van der Waals surface area contributed by atoms with Gasteiger partial charge in [0.15, 0.2) is 0 Å². The molecular weight excluding hydrogens is 328 g/mol. The van der Waals surface area contributed by atoms with Crippen molar-refractivity contribution in [2.24, 2.45) is 7.05 Å². The smallest absolute Gasteiger partial charge is 0.146 e. The van der Waals surface area contributed by atoms with Crippen LogP contribution in [-0.2, 0) is 13.6 Å². The van der Waals surface area contributed by atoms with E-state index in [1.165, 1.54) is 5.69 Å². The summed E-state index contributed by atoms with van der Waals surface area (Å²) in [6.07, 6.45) is 3.38. The van der Waals surface area contributed by atoms with Crippen LogP contribution in [-0.4, -0.2) is 69.9 Å². The third-order valence-corrected chi connectivity index (χ3v) is 4.93. The molecule has 0 bridgehead atoms. The van der Waals surface area contributed by atoms with Crippen LogP contribution in [0.2, 0.25) is 0 Å². The molecule has 0 N–H and O–H groups in total. The lowest BCUT2D eigenvalue weighted by Crippen LogP contribution is -2.46. The molecule has 0 unspecified atom stereocenters. The van der Waals surface area contributed by atoms with Gasteiger partial charge in [0.25, 0.3) is 0 Å². The fourth-order valence-electron chi connectivity index (χ4n) is 3.40. The maximum atomic E-state index is 4.43. The molecule has 0 amide bonds. The van der Waals surface area contributed by atoms with Gasteiger partial charge in [-0.15, -0.1) is 10.2 Å². The van der Waals surface area contributed by atoms with Crippen LogP contribution in [0.4, 0.5) is 11.5 Å². The van der Waals surface area contributed by atoms with E-state index in [0.717, 1.165) is 55.3 Å². The van der Waals surface area contributed by atoms with Crippen molar-refractivity contribution in [1.82, 2.24) is 29.6 Å². The fourth-order valence-corrected chi connectivity index (χ4v) is 3.40. The number of hydrogen-bond acceptors (Lipinski definition) is 7. The van der Waals surface area contributed by atoms with Crippen molar-refractivity contribution in [3.05, 3.63) is 36.7 Å². The Bertz CT molecular complexity index is 895. The van der Waals surface area contributed by atoms with Gasteiger partial charge in [0.2, 0.25) is 0 Å². The summed E-state index contributed by atoms with van der Waals surface area (Å²) in [6.45, 7) is 4.86. The first kappa shape index (κ1) is 16.7. The molecule has 1 aromatic carbocycles. The van der Waals surface area contributed by atoms with E-state index < -0.39 is 0 Å². The van der Waals surface area contributed by atoms with Crippen LogP contribution >= 0.6 is 0 Å². The van der Waals surface area contributed by atoms with E-state index in [9.17, 15) is 0 Å². The zero-order valence-electron chi connectivity index (χ0n) is 15.5. The van der Waals surface area contributed by atoms with Gasteiger partial charge < -0.3 is 14.4 Å². The molecule has 2 aromatic heterocycles. The molecule has 3 heterocycles. The molecule has 8 nitrogen and oxygen atoms in total. The first-order chi connectivity index (χ1) is 12.6. The molecule has 0 radical (unpaired) electrons. The highest BCUT2D eigenvalue weighted by Gasteiger charge is 2.19. The molecule has 1 fully saturated rings. The second-order valence-corrected chi connectivity index (χ2v) is 6.91. The molecule has 0 spiro atoms. The molecule has 1 saturated heterocycles. The first-order valence-corrected chi connectivity index (χ1v) is 8.84. The predicted molar refractivity (Wildman–Crippen MR) is 102 cm³/mol. The molecule has 1 aliphatic rings. The summed E-state index contributed by atoms with van der Waals surface area (Å²) in [5.41, 5.74) is 2.21. The van der Waals surface area contributed by atoms with Crippen molar-refractivity contribution in [3.8, 4) is 0 Å². The van der Waals surface area contributed by atoms with Gasteiger partial charge in [0, 0.05) is 58.4 Å². The Morgan fingerprint density at radius 1 is 1.08 bits per heavy atom. The van der Waals surface area contributed by atoms with E-state index in [0.29, 0.717) is 0 Å². The number of aromatic nitrogens is 5. The predicted octanol–water partition coefficient (Wildman–Crippen LogP) is 1.15. The van der Waals surface area contributed by atoms with Gasteiger partial charge in [-0.1, -0.05) is 0 Å². The lowest BCUT2D eigenvalue weighted by atomic mass is 10.1. The Hall–Kier alpha value is -2.74. The minimum Gasteiger partial charge on any atom is -0.369 e. The Balaban J connectivity index is 1.49. The number of rotatable bonds is 4. The Kier molecular flexibility index (Phi) is 4.42. The van der Waals surface area contributed by atoms with E-state index in [1.54, 1.807) is 12.7 Å². The Labute approximate surface area is 153 Å². The van der Waals surface area contributed by atoms with Crippen LogP contribution in [0.1, 0.15) is 5.82 Å². The number of hydrogen-bond donors (Lipinski definition) is 0. The van der Waals surface area contributed by atoms with Gasteiger partial charge in [0.05, 0.1) is 12.1 Å². The van der Waals surface area contributed by atoms with Gasteiger partial charge in [-0.05, 0) is 18.2 Å². The van der Waals surface area contributed by atoms with E-state index >= 15 is 0 Å². The van der Waals surface area contributed by atoms with Gasteiger partial charge in [-0.3, -0.25) is 4.90 Å². The summed E-state index contributed by atoms with van der Waals surface area (Å²) in [5.74, 6) is 1.97. The summed E-state index contributed by atoms with van der Waals surface area (Å²) in [5, 5.41) is 9.24. The minimum absolute atomic E-state index is 0.848. The number of aryl methyl sites for hydroxylation is 1. The molecule has 0 saturated carbocycles. The van der Waals surface area contributed by atoms with Crippen molar-refractivity contribution < 1.29 is 0 Å². The highest BCUT2D eigenvalue weighted by molar-refractivity contribution is 5.91. The molecular formula is C18H24N8. The first-order valence-electron chi connectivity index (χ1n) is 8.84. The zero-order valence-corrected chi connectivity index (χ0v) is 15.5. The highest BCUT2D eigenvalue weighted by atomic mass is 15.3. The number of benzene rings is 1. The molecule has 26 heavy (non-hydrogen) atoms. The monoisotopic (exact) mass is 352 g/mol. The van der Waals surface area contributed by atoms with Crippen molar-refractivity contribution in [2.45, 2.75) is 6.54 Å². The average Bonchev–Trinajstić information content (AvgIpc) is 3.06. The second-order valence-electron chi connectivity index (χ2n) is 6.91. The summed E-state index contributed by atoms with van der Waals surface area (Å²) in [4.78, 5) is 15.7. The molecule has 0 aliphatic carbocycles. The van der Waals surface area contributed by atoms with E-state index in [1.807, 2.05) is 30.6 Å². The molecule has 8 heteroatoms. The van der Waals surface area contributed by atoms with Crippen LogP contribution in [0.5, 0.6) is 0 Å². The third kappa shape index (κ3) is 3.20. The van der Waals surface area contributed by atoms with Crippen molar-refractivity contribution >= 4 is 22.4 Å². The quantitative estimate of drug-likeness (QED) is 0.698. The molecule has 1 aliphatic heterocycles. The van der Waals surface area contributed by atoms with Crippen LogP contribution in [0.3, 0.4) is 0 Å². The van der Waals surface area contributed by atoms with Crippen LogP contribution in [0.25, 0.3) is 10.9 Å². The summed E-state index contributed by atoms with van der Waals surface area (Å²) in [6, 6.07) is 6.46. The number of fused-ring (bicyclic) bond motifs is 1. The number of anilines is 2. The van der Waals surface area contributed by atoms with E-state index in [4.69, 9.17) is 0 Å². The second kappa shape index (κ2) is 6.87. The zero-order chi connectivity index (χ0) is 18.1. The maximum Gasteiger partial charge on any atom is 0.146 e. The van der Waals surface area contributed by atoms with Crippen LogP contribution in [0.15, 0.2) is 30.9 Å². The molecule has 0 atom stereocenters. The van der Waals surface area contributed by atoms with E-state index in [2.05, 4.69) is 48.2 Å². The van der Waals surface area contributed by atoms with Crippen LogP contribution < -0.4 is 9.80 Å². The lowest BCUT2D eigenvalue weighted by molar-refractivity contribution is 0.241. The van der Waals surface area contributed by atoms with E-state index in [-0.39, 0.29) is 0 Å². The summed E-state index contributed by atoms with van der Waals surface area (Å²) in [7, 11) is 6.02. The largest absolute Gasteiger partial charge is 0.369 e. The third-order valence-electron chi connectivity index (χ3n) is 4.93.